The summed E-state index contributed by atoms with van der Waals surface area (Å²) in [5.74, 6) is 1.06. The van der Waals surface area contributed by atoms with E-state index in [9.17, 15) is 4.79 Å². The van der Waals surface area contributed by atoms with Gasteiger partial charge >= 0.3 is 0 Å². The van der Waals surface area contributed by atoms with Gasteiger partial charge in [-0.15, -0.1) is 0 Å². The first-order chi connectivity index (χ1) is 10.8. The molecule has 1 aliphatic heterocycles. The van der Waals surface area contributed by atoms with Crippen molar-refractivity contribution in [2.45, 2.75) is 6.54 Å². The van der Waals surface area contributed by atoms with Gasteiger partial charge in [-0.1, -0.05) is 18.2 Å². The zero-order valence-electron chi connectivity index (χ0n) is 12.5. The lowest BCUT2D eigenvalue weighted by atomic mass is 10.1. The first-order valence-corrected chi connectivity index (χ1v) is 7.52. The summed E-state index contributed by atoms with van der Waals surface area (Å²) in [6.07, 6.45) is 1.80. The average molecular weight is 296 g/mol. The number of carbonyl (C=O) groups excluding carboxylic acids is 1. The molecule has 2 aromatic rings. The zero-order chi connectivity index (χ0) is 15.4. The van der Waals surface area contributed by atoms with Gasteiger partial charge in [0, 0.05) is 44.5 Å². The Bertz CT molecular complexity index is 619. The number of pyridine rings is 1. The van der Waals surface area contributed by atoms with Gasteiger partial charge in [-0.3, -0.25) is 4.79 Å². The molecule has 22 heavy (non-hydrogen) atoms. The number of hydrogen-bond acceptors (Lipinski definition) is 4. The van der Waals surface area contributed by atoms with Gasteiger partial charge in [0.2, 0.25) is 0 Å². The van der Waals surface area contributed by atoms with Crippen molar-refractivity contribution in [2.75, 3.05) is 31.1 Å². The molecule has 1 amide bonds. The summed E-state index contributed by atoms with van der Waals surface area (Å²) in [7, 11) is 0. The number of aromatic nitrogens is 1. The summed E-state index contributed by atoms with van der Waals surface area (Å²) < 4.78 is 0. The van der Waals surface area contributed by atoms with Crippen LogP contribution in [0.25, 0.3) is 0 Å². The van der Waals surface area contributed by atoms with E-state index in [0.717, 1.165) is 30.0 Å². The quantitative estimate of drug-likeness (QED) is 0.932. The van der Waals surface area contributed by atoms with Crippen molar-refractivity contribution in [2.24, 2.45) is 5.73 Å². The molecule has 5 nitrogen and oxygen atoms in total. The van der Waals surface area contributed by atoms with Gasteiger partial charge in [0.05, 0.1) is 0 Å². The van der Waals surface area contributed by atoms with E-state index in [2.05, 4.69) is 9.88 Å². The summed E-state index contributed by atoms with van der Waals surface area (Å²) in [6.45, 7) is 3.55. The van der Waals surface area contributed by atoms with Gasteiger partial charge in [0.25, 0.3) is 5.91 Å². The Hall–Kier alpha value is -2.40. The van der Waals surface area contributed by atoms with Crippen molar-refractivity contribution in [3.63, 3.8) is 0 Å². The maximum atomic E-state index is 12.5. The second-order valence-corrected chi connectivity index (χ2v) is 5.37. The normalized spacial score (nSPS) is 15.0. The lowest BCUT2D eigenvalue weighted by molar-refractivity contribution is 0.0746. The number of anilines is 1. The van der Waals surface area contributed by atoms with Crippen LogP contribution in [0.2, 0.25) is 0 Å². The molecule has 1 aromatic heterocycles. The Kier molecular flexibility index (Phi) is 4.34. The maximum Gasteiger partial charge on any atom is 0.253 e. The minimum atomic E-state index is 0.0873. The van der Waals surface area contributed by atoms with Crippen LogP contribution in [0.3, 0.4) is 0 Å². The van der Waals surface area contributed by atoms with Gasteiger partial charge in [0.15, 0.2) is 0 Å². The first kappa shape index (κ1) is 14.5. The second-order valence-electron chi connectivity index (χ2n) is 5.37. The molecule has 2 heterocycles. The fourth-order valence-electron chi connectivity index (χ4n) is 2.65. The number of hydrogen-bond donors (Lipinski definition) is 1. The van der Waals surface area contributed by atoms with Crippen LogP contribution in [-0.2, 0) is 6.54 Å². The zero-order valence-corrected chi connectivity index (χ0v) is 12.5. The van der Waals surface area contributed by atoms with Crippen molar-refractivity contribution in [1.82, 2.24) is 9.88 Å². The Labute approximate surface area is 130 Å². The third-order valence-corrected chi connectivity index (χ3v) is 3.98. The molecule has 3 rings (SSSR count). The highest BCUT2D eigenvalue weighted by atomic mass is 16.2. The number of nitrogens with zero attached hydrogens (tertiary/aromatic N) is 3. The summed E-state index contributed by atoms with van der Waals surface area (Å²) in [6, 6.07) is 13.4. The van der Waals surface area contributed by atoms with Crippen molar-refractivity contribution in [1.29, 1.82) is 0 Å². The van der Waals surface area contributed by atoms with Crippen LogP contribution in [0.1, 0.15) is 15.9 Å². The Morgan fingerprint density at radius 2 is 1.77 bits per heavy atom. The lowest BCUT2D eigenvalue weighted by Crippen LogP contribution is -2.49. The van der Waals surface area contributed by atoms with E-state index in [1.165, 1.54) is 0 Å². The summed E-state index contributed by atoms with van der Waals surface area (Å²) in [4.78, 5) is 21.0. The fourth-order valence-corrected chi connectivity index (χ4v) is 2.65. The minimum Gasteiger partial charge on any atom is -0.353 e. The highest BCUT2D eigenvalue weighted by Crippen LogP contribution is 2.14. The van der Waals surface area contributed by atoms with Crippen LogP contribution in [0, 0.1) is 0 Å². The molecule has 5 heteroatoms. The van der Waals surface area contributed by atoms with Crippen molar-refractivity contribution in [3.8, 4) is 0 Å². The van der Waals surface area contributed by atoms with E-state index in [-0.39, 0.29) is 5.91 Å². The lowest BCUT2D eigenvalue weighted by Gasteiger charge is -2.35. The highest BCUT2D eigenvalue weighted by molar-refractivity contribution is 5.94. The Morgan fingerprint density at radius 1 is 1.05 bits per heavy atom. The number of piperazine rings is 1. The van der Waals surface area contributed by atoms with Gasteiger partial charge in [0.1, 0.15) is 5.82 Å². The summed E-state index contributed by atoms with van der Waals surface area (Å²) >= 11 is 0. The molecular weight excluding hydrogens is 276 g/mol. The third-order valence-electron chi connectivity index (χ3n) is 3.98. The van der Waals surface area contributed by atoms with Crippen molar-refractivity contribution in [3.05, 3.63) is 59.8 Å². The topological polar surface area (TPSA) is 62.5 Å². The predicted molar refractivity (Wildman–Crippen MR) is 86.7 cm³/mol. The van der Waals surface area contributed by atoms with E-state index in [0.29, 0.717) is 19.6 Å². The molecule has 0 unspecified atom stereocenters. The molecular formula is C17H20N4O. The van der Waals surface area contributed by atoms with Crippen LogP contribution in [0.5, 0.6) is 0 Å². The van der Waals surface area contributed by atoms with Crippen LogP contribution >= 0.6 is 0 Å². The second kappa shape index (κ2) is 6.58. The van der Waals surface area contributed by atoms with Gasteiger partial charge < -0.3 is 15.5 Å². The third kappa shape index (κ3) is 3.09. The number of rotatable bonds is 3. The maximum absolute atomic E-state index is 12.5. The number of amides is 1. The number of carbonyl (C=O) groups is 1. The van der Waals surface area contributed by atoms with Crippen molar-refractivity contribution >= 4 is 11.7 Å². The standard InChI is InChI=1S/C17H20N4O/c18-13-14-4-6-15(7-5-14)17(22)21-11-9-20(10-12-21)16-3-1-2-8-19-16/h1-8H,9-13,18H2. The molecule has 0 atom stereocenters. The van der Waals surface area contributed by atoms with Crippen molar-refractivity contribution < 1.29 is 4.79 Å². The molecule has 1 saturated heterocycles. The predicted octanol–water partition coefficient (Wildman–Crippen LogP) is 1.50. The van der Waals surface area contributed by atoms with E-state index in [1.54, 1.807) is 6.20 Å². The van der Waals surface area contributed by atoms with Crippen LogP contribution in [0.4, 0.5) is 5.82 Å². The molecule has 0 radical (unpaired) electrons. The molecule has 0 aliphatic carbocycles. The van der Waals surface area contributed by atoms with Crippen LogP contribution in [0.15, 0.2) is 48.7 Å². The van der Waals surface area contributed by atoms with Gasteiger partial charge in [-0.2, -0.15) is 0 Å². The van der Waals surface area contributed by atoms with Gasteiger partial charge in [-0.25, -0.2) is 4.98 Å². The first-order valence-electron chi connectivity index (χ1n) is 7.52. The minimum absolute atomic E-state index is 0.0873. The summed E-state index contributed by atoms with van der Waals surface area (Å²) in [5.41, 5.74) is 7.35. The van der Waals surface area contributed by atoms with Crippen LogP contribution < -0.4 is 10.6 Å². The molecule has 2 N–H and O–H groups in total. The molecule has 1 aromatic carbocycles. The van der Waals surface area contributed by atoms with Crippen LogP contribution in [-0.4, -0.2) is 42.0 Å². The Balaban J connectivity index is 1.62. The average Bonchev–Trinajstić information content (AvgIpc) is 2.62. The Morgan fingerprint density at radius 3 is 2.36 bits per heavy atom. The fraction of sp³-hybridized carbons (Fsp3) is 0.294. The smallest absolute Gasteiger partial charge is 0.253 e. The molecule has 114 valence electrons. The van der Waals surface area contributed by atoms with E-state index < -0.39 is 0 Å². The monoisotopic (exact) mass is 296 g/mol. The number of benzene rings is 1. The largest absolute Gasteiger partial charge is 0.353 e. The molecule has 0 bridgehead atoms. The SMILES string of the molecule is NCc1ccc(C(=O)N2CCN(c3ccccn3)CC2)cc1. The molecule has 0 spiro atoms. The van der Waals surface area contributed by atoms with E-state index in [1.807, 2.05) is 47.4 Å². The highest BCUT2D eigenvalue weighted by Gasteiger charge is 2.22. The number of nitrogens with two attached hydrogens (primary N) is 1. The van der Waals surface area contributed by atoms with Gasteiger partial charge in [-0.05, 0) is 29.8 Å². The van der Waals surface area contributed by atoms with E-state index >= 15 is 0 Å². The molecule has 1 fully saturated rings. The molecule has 1 aliphatic rings. The van der Waals surface area contributed by atoms with E-state index in [4.69, 9.17) is 5.73 Å². The molecule has 0 saturated carbocycles. The summed E-state index contributed by atoms with van der Waals surface area (Å²) in [5, 5.41) is 0.